The number of carbonyl (C=O) groups is 2. The molecule has 0 aliphatic rings. The zero-order chi connectivity index (χ0) is 7.15. The van der Waals surface area contributed by atoms with E-state index in [-0.39, 0.29) is 25.8 Å². The van der Waals surface area contributed by atoms with Crippen molar-refractivity contribution < 1.29 is 45.6 Å². The number of rotatable bonds is 0. The van der Waals surface area contributed by atoms with Gasteiger partial charge in [-0.1, -0.05) is 0 Å². The van der Waals surface area contributed by atoms with Crippen molar-refractivity contribution in [1.29, 1.82) is 0 Å². The van der Waals surface area contributed by atoms with Crippen molar-refractivity contribution >= 4 is 34.1 Å². The Hall–Kier alpha value is 0.390. The van der Waals surface area contributed by atoms with Gasteiger partial charge in [0, 0.05) is 49.0 Å². The first-order chi connectivity index (χ1) is 3.46. The fourth-order valence-electron chi connectivity index (χ4n) is 0. The summed E-state index contributed by atoms with van der Waals surface area (Å²) in [5, 5.41) is 14.4. The molecule has 0 bridgehead atoms. The molecule has 4 nitrogen and oxygen atoms in total. The quantitative estimate of drug-likeness (QED) is 0.521. The maximum Gasteiger partial charge on any atom is 0.401 e. The summed E-state index contributed by atoms with van der Waals surface area (Å²) >= 11 is 8.38. The molecule has 0 unspecified atom stereocenters. The number of halogens is 2. The van der Waals surface area contributed by atoms with Crippen LogP contribution in [0.3, 0.4) is 0 Å². The molecule has 2 N–H and O–H groups in total. The second kappa shape index (κ2) is 11.2. The zero-order valence-electron chi connectivity index (χ0n) is 3.97. The Balaban J connectivity index is -0.0000000720. The molecule has 0 fully saturated rings. The van der Waals surface area contributed by atoms with Crippen LogP contribution in [0.25, 0.3) is 0 Å². The average molecular weight is 339 g/mol. The molecule has 0 aromatic carbocycles. The van der Waals surface area contributed by atoms with Crippen LogP contribution in [0.4, 0.5) is 9.59 Å². The maximum atomic E-state index is 8.77. The van der Waals surface area contributed by atoms with Crippen LogP contribution >= 0.6 is 23.2 Å². The summed E-state index contributed by atoms with van der Waals surface area (Å²) in [4.78, 5) is 17.5. The van der Waals surface area contributed by atoms with Crippen LogP contribution in [0.2, 0.25) is 0 Å². The third-order valence-electron chi connectivity index (χ3n) is 0. The summed E-state index contributed by atoms with van der Waals surface area (Å²) in [7, 11) is 0. The molecule has 0 aromatic rings. The van der Waals surface area contributed by atoms with Gasteiger partial charge >= 0.3 is 10.9 Å². The van der Waals surface area contributed by atoms with Crippen molar-refractivity contribution in [3.05, 3.63) is 0 Å². The van der Waals surface area contributed by atoms with E-state index in [1.807, 2.05) is 0 Å². The molecule has 0 radical (unpaired) electrons. The first-order valence-corrected chi connectivity index (χ1v) is 1.99. The molecule has 0 amide bonds. The van der Waals surface area contributed by atoms with Crippen molar-refractivity contribution in [3.63, 3.8) is 0 Å². The largest absolute Gasteiger partial charge is 0.469 e. The van der Waals surface area contributed by atoms with E-state index in [1.54, 1.807) is 0 Å². The van der Waals surface area contributed by atoms with Gasteiger partial charge < -0.3 is 10.2 Å². The number of hydrogen-bond acceptors (Lipinski definition) is 2. The zero-order valence-corrected chi connectivity index (χ0v) is 9.07. The van der Waals surface area contributed by atoms with Gasteiger partial charge in [0.25, 0.3) is 0 Å². The van der Waals surface area contributed by atoms with Gasteiger partial charge in [-0.25, -0.2) is 9.59 Å². The summed E-state index contributed by atoms with van der Waals surface area (Å²) < 4.78 is 0. The summed E-state index contributed by atoms with van der Waals surface area (Å²) in [5.41, 5.74) is -2.72. The molecule has 0 aromatic heterocycles. The first kappa shape index (κ1) is 16.2. The Morgan fingerprint density at radius 2 is 1.00 bits per heavy atom. The Bertz CT molecular complexity index is 74.6. The SMILES string of the molecule is O=C(O)Cl.O=C(O)Cl.[Hf]. The molecular weight excluding hydrogens is 337 g/mol. The van der Waals surface area contributed by atoms with E-state index in [1.165, 1.54) is 0 Å². The monoisotopic (exact) mass is 340 g/mol. The molecule has 0 saturated carbocycles. The second-order valence-corrected chi connectivity index (χ2v) is 1.15. The minimum absolute atomic E-state index is 0. The van der Waals surface area contributed by atoms with Gasteiger partial charge in [-0.3, -0.25) is 0 Å². The minimum atomic E-state index is -1.36. The molecule has 0 saturated heterocycles. The standard InChI is InChI=1S/2CHClO2.Hf/c2*2-1(3)4;/h2*(H,3,4);. The summed E-state index contributed by atoms with van der Waals surface area (Å²) in [6, 6.07) is 0. The van der Waals surface area contributed by atoms with Crippen molar-refractivity contribution in [3.8, 4) is 0 Å². The van der Waals surface area contributed by atoms with Crippen LogP contribution in [0.5, 0.6) is 0 Å². The van der Waals surface area contributed by atoms with Crippen LogP contribution in [0, 0.1) is 0 Å². The molecule has 9 heavy (non-hydrogen) atoms. The van der Waals surface area contributed by atoms with Gasteiger partial charge in [0.2, 0.25) is 0 Å². The fourth-order valence-corrected chi connectivity index (χ4v) is 0. The van der Waals surface area contributed by atoms with Gasteiger partial charge in [0.05, 0.1) is 0 Å². The smallest absolute Gasteiger partial charge is 0.401 e. The summed E-state index contributed by atoms with van der Waals surface area (Å²) in [6.45, 7) is 0. The van der Waals surface area contributed by atoms with E-state index in [4.69, 9.17) is 19.8 Å². The second-order valence-electron chi connectivity index (χ2n) is 0.506. The Kier molecular flexibility index (Phi) is 20.2. The first-order valence-electron chi connectivity index (χ1n) is 1.23. The number of hydrogen-bond donors (Lipinski definition) is 2. The maximum absolute atomic E-state index is 8.77. The summed E-state index contributed by atoms with van der Waals surface area (Å²) in [6.07, 6.45) is 0. The molecule has 0 rings (SSSR count). The van der Waals surface area contributed by atoms with E-state index in [0.717, 1.165) is 0 Å². The topological polar surface area (TPSA) is 74.6 Å². The summed E-state index contributed by atoms with van der Waals surface area (Å²) in [5.74, 6) is 0. The number of carboxylic acid groups (broad SMARTS) is 2. The van der Waals surface area contributed by atoms with Crippen LogP contribution in [-0.4, -0.2) is 21.1 Å². The average Bonchev–Trinajstić information content (AvgIpc) is 1.25. The van der Waals surface area contributed by atoms with Crippen LogP contribution in [-0.2, 0) is 25.8 Å². The minimum Gasteiger partial charge on any atom is -0.469 e. The Morgan fingerprint density at radius 1 is 1.00 bits per heavy atom. The van der Waals surface area contributed by atoms with Gasteiger partial charge in [0.1, 0.15) is 0 Å². The van der Waals surface area contributed by atoms with Crippen molar-refractivity contribution in [1.82, 2.24) is 0 Å². The van der Waals surface area contributed by atoms with E-state index in [2.05, 4.69) is 23.2 Å². The predicted octanol–water partition coefficient (Wildman–Crippen LogP) is 1.80. The van der Waals surface area contributed by atoms with E-state index in [0.29, 0.717) is 0 Å². The van der Waals surface area contributed by atoms with Crippen molar-refractivity contribution in [2.45, 2.75) is 0 Å². The molecule has 0 spiro atoms. The van der Waals surface area contributed by atoms with Gasteiger partial charge in [0.15, 0.2) is 0 Å². The van der Waals surface area contributed by atoms with Gasteiger partial charge in [-0.2, -0.15) is 0 Å². The molecule has 0 aliphatic heterocycles. The third-order valence-corrected chi connectivity index (χ3v) is 0. The van der Waals surface area contributed by atoms with Crippen molar-refractivity contribution in [2.24, 2.45) is 0 Å². The van der Waals surface area contributed by atoms with Crippen molar-refractivity contribution in [2.75, 3.05) is 0 Å². The van der Waals surface area contributed by atoms with Crippen LogP contribution in [0.1, 0.15) is 0 Å². The Labute approximate surface area is 79.5 Å². The molecule has 0 atom stereocenters. The normalized spacial score (nSPS) is 5.56. The molecule has 0 heterocycles. The van der Waals surface area contributed by atoms with E-state index >= 15 is 0 Å². The fraction of sp³-hybridized carbons (Fsp3) is 0. The van der Waals surface area contributed by atoms with E-state index < -0.39 is 10.9 Å². The van der Waals surface area contributed by atoms with E-state index in [9.17, 15) is 0 Å². The van der Waals surface area contributed by atoms with Gasteiger partial charge in [-0.15, -0.1) is 0 Å². The molecule has 52 valence electrons. The predicted molar refractivity (Wildman–Crippen MR) is 27.8 cm³/mol. The van der Waals surface area contributed by atoms with Gasteiger partial charge in [-0.05, 0) is 0 Å². The Morgan fingerprint density at radius 3 is 1.00 bits per heavy atom. The van der Waals surface area contributed by atoms with Crippen LogP contribution < -0.4 is 0 Å². The molecular formula is C2H2Cl2HfO4. The molecule has 0 aliphatic carbocycles. The third kappa shape index (κ3) is 2250. The van der Waals surface area contributed by atoms with Crippen LogP contribution in [0.15, 0.2) is 0 Å². The molecule has 7 heteroatoms.